The molecule has 0 unspecified atom stereocenters. The zero-order valence-electron chi connectivity index (χ0n) is 36.5. The molecule has 0 atom stereocenters. The Morgan fingerprint density at radius 2 is 0.769 bits per heavy atom. The van der Waals surface area contributed by atoms with Crippen LogP contribution >= 0.6 is 0 Å². The van der Waals surface area contributed by atoms with Crippen LogP contribution in [-0.2, 0) is 5.41 Å². The van der Waals surface area contributed by atoms with Crippen LogP contribution in [0, 0.1) is 0 Å². The Kier molecular flexibility index (Phi) is 9.21. The average molecular weight is 831 g/mol. The third kappa shape index (κ3) is 6.57. The number of nitrogens with zero attached hydrogens (tertiary/aromatic N) is 2. The van der Waals surface area contributed by atoms with Crippen molar-refractivity contribution in [3.05, 3.63) is 253 Å². The van der Waals surface area contributed by atoms with Crippen LogP contribution in [0.1, 0.15) is 36.1 Å². The second-order valence-electron chi connectivity index (χ2n) is 17.7. The van der Waals surface area contributed by atoms with Crippen LogP contribution in [0.2, 0.25) is 0 Å². The normalized spacial score (nSPS) is 12.8. The number of fused-ring (bicyclic) bond motifs is 6. The minimum Gasteiger partial charge on any atom is -0.311 e. The standard InChI is InChI=1S/C63H46N2/c1-63(2)59-23-12-11-20-54(59)55-39-38-51(42-60(55)63)65(61-41-40-57-53-19-10-9-18-52(53)56-21-13-22-58(61)62(56)57)50-36-32-46(33-37-50)45-30-26-43(27-31-45)24-25-44-28-34-49(35-29-44)64(47-14-5-3-6-15-47)48-16-7-4-8-17-48/h3-42H,1-2H3/b25-24+. The van der Waals surface area contributed by atoms with Crippen LogP contribution in [0.3, 0.4) is 0 Å². The lowest BCUT2D eigenvalue weighted by molar-refractivity contribution is 0.660. The van der Waals surface area contributed by atoms with Crippen LogP contribution in [0.15, 0.2) is 231 Å². The third-order valence-electron chi connectivity index (χ3n) is 13.6. The molecule has 0 amide bonds. The molecule has 0 aromatic heterocycles. The summed E-state index contributed by atoms with van der Waals surface area (Å²) in [6.45, 7) is 4.73. The molecule has 0 heterocycles. The molecule has 0 spiro atoms. The van der Waals surface area contributed by atoms with Crippen molar-refractivity contribution in [2.24, 2.45) is 0 Å². The monoisotopic (exact) mass is 830 g/mol. The Hall–Kier alpha value is -8.20. The Labute approximate surface area is 381 Å². The lowest BCUT2D eigenvalue weighted by Crippen LogP contribution is -2.16. The van der Waals surface area contributed by atoms with Crippen LogP contribution in [-0.4, -0.2) is 0 Å². The van der Waals surface area contributed by atoms with E-state index in [9.17, 15) is 0 Å². The molecule has 0 radical (unpaired) electrons. The first-order valence-corrected chi connectivity index (χ1v) is 22.6. The summed E-state index contributed by atoms with van der Waals surface area (Å²) in [5, 5.41) is 2.58. The van der Waals surface area contributed by atoms with Crippen LogP contribution in [0.4, 0.5) is 34.1 Å². The Morgan fingerprint density at radius 3 is 1.42 bits per heavy atom. The molecule has 0 saturated carbocycles. The first-order chi connectivity index (χ1) is 32.0. The fourth-order valence-corrected chi connectivity index (χ4v) is 10.4. The largest absolute Gasteiger partial charge is 0.311 e. The quantitative estimate of drug-likeness (QED) is 0.134. The maximum Gasteiger partial charge on any atom is 0.0540 e. The second-order valence-corrected chi connectivity index (χ2v) is 17.7. The molecule has 10 aromatic rings. The summed E-state index contributed by atoms with van der Waals surface area (Å²) < 4.78 is 0. The van der Waals surface area contributed by atoms with Gasteiger partial charge in [0.05, 0.1) is 5.69 Å². The molecule has 2 heteroatoms. The van der Waals surface area contributed by atoms with Crippen LogP contribution in [0.5, 0.6) is 0 Å². The molecule has 2 nitrogen and oxygen atoms in total. The summed E-state index contributed by atoms with van der Waals surface area (Å²) in [5.41, 5.74) is 22.1. The molecule has 2 aliphatic rings. The van der Waals surface area contributed by atoms with Gasteiger partial charge in [-0.15, -0.1) is 0 Å². The van der Waals surface area contributed by atoms with Gasteiger partial charge >= 0.3 is 0 Å². The molecule has 0 saturated heterocycles. The molecule has 2 aliphatic carbocycles. The van der Waals surface area contributed by atoms with Gasteiger partial charge in [-0.3, -0.25) is 0 Å². The molecule has 0 fully saturated rings. The molecular weight excluding hydrogens is 785 g/mol. The SMILES string of the molecule is CC1(C)c2ccccc2-c2ccc(N(c3ccc(-c4ccc(/C=C/c5ccc(N(c6ccccc6)c6ccccc6)cc5)cc4)cc3)c3ccc4c5c(cccc35)-c3ccccc3-4)cc21. The van der Waals surface area contributed by atoms with Crippen molar-refractivity contribution in [2.45, 2.75) is 19.3 Å². The van der Waals surface area contributed by atoms with Gasteiger partial charge in [0.1, 0.15) is 0 Å². The molecule has 12 rings (SSSR count). The van der Waals surface area contributed by atoms with Crippen LogP contribution in [0.25, 0.3) is 67.4 Å². The van der Waals surface area contributed by atoms with E-state index < -0.39 is 0 Å². The van der Waals surface area contributed by atoms with Gasteiger partial charge < -0.3 is 9.80 Å². The smallest absolute Gasteiger partial charge is 0.0540 e. The average Bonchev–Trinajstić information content (AvgIpc) is 3.81. The number of hydrogen-bond acceptors (Lipinski definition) is 2. The van der Waals surface area contributed by atoms with Crippen molar-refractivity contribution < 1.29 is 0 Å². The predicted octanol–water partition coefficient (Wildman–Crippen LogP) is 17.6. The van der Waals surface area contributed by atoms with E-state index in [1.54, 1.807) is 0 Å². The number of benzene rings is 10. The highest BCUT2D eigenvalue weighted by molar-refractivity contribution is 6.19. The molecule has 0 aliphatic heterocycles. The summed E-state index contributed by atoms with van der Waals surface area (Å²) >= 11 is 0. The predicted molar refractivity (Wildman–Crippen MR) is 276 cm³/mol. The lowest BCUT2D eigenvalue weighted by atomic mass is 9.82. The van der Waals surface area contributed by atoms with E-state index in [1.165, 1.54) is 72.1 Å². The van der Waals surface area contributed by atoms with Gasteiger partial charge in [-0.05, 0) is 139 Å². The third-order valence-corrected chi connectivity index (χ3v) is 13.6. The minimum absolute atomic E-state index is 0.111. The lowest BCUT2D eigenvalue weighted by Gasteiger charge is -2.29. The molecular formula is C63H46N2. The van der Waals surface area contributed by atoms with Crippen molar-refractivity contribution in [3.8, 4) is 44.5 Å². The highest BCUT2D eigenvalue weighted by atomic mass is 15.1. The molecule has 0 bridgehead atoms. The van der Waals surface area contributed by atoms with Gasteiger partial charge in [0.25, 0.3) is 0 Å². The van der Waals surface area contributed by atoms with Gasteiger partial charge in [0.2, 0.25) is 0 Å². The highest BCUT2D eigenvalue weighted by Gasteiger charge is 2.36. The van der Waals surface area contributed by atoms with Crippen molar-refractivity contribution in [1.82, 2.24) is 0 Å². The Balaban J connectivity index is 0.854. The van der Waals surface area contributed by atoms with Crippen molar-refractivity contribution in [3.63, 3.8) is 0 Å². The number of para-hydroxylation sites is 2. The summed E-state index contributed by atoms with van der Waals surface area (Å²) in [6.07, 6.45) is 4.38. The van der Waals surface area contributed by atoms with Crippen molar-refractivity contribution in [1.29, 1.82) is 0 Å². The second kappa shape index (κ2) is 15.6. The van der Waals surface area contributed by atoms with Crippen LogP contribution < -0.4 is 9.80 Å². The van der Waals surface area contributed by atoms with E-state index in [-0.39, 0.29) is 5.41 Å². The zero-order chi connectivity index (χ0) is 43.5. The van der Waals surface area contributed by atoms with E-state index in [4.69, 9.17) is 0 Å². The molecule has 0 N–H and O–H groups in total. The van der Waals surface area contributed by atoms with E-state index in [0.717, 1.165) is 39.6 Å². The first kappa shape index (κ1) is 38.5. The van der Waals surface area contributed by atoms with E-state index in [1.807, 2.05) is 0 Å². The Bertz CT molecular complexity index is 3350. The molecule has 308 valence electrons. The zero-order valence-corrected chi connectivity index (χ0v) is 36.5. The number of anilines is 6. The maximum absolute atomic E-state index is 2.47. The summed E-state index contributed by atoms with van der Waals surface area (Å²) in [5.74, 6) is 0. The number of rotatable bonds is 9. The van der Waals surface area contributed by atoms with E-state index >= 15 is 0 Å². The van der Waals surface area contributed by atoms with Gasteiger partial charge in [0.15, 0.2) is 0 Å². The molecule has 65 heavy (non-hydrogen) atoms. The van der Waals surface area contributed by atoms with Crippen molar-refractivity contribution in [2.75, 3.05) is 9.80 Å². The summed E-state index contributed by atoms with van der Waals surface area (Å²) in [6, 6.07) is 84.1. The van der Waals surface area contributed by atoms with Gasteiger partial charge in [-0.2, -0.15) is 0 Å². The fraction of sp³-hybridized carbons (Fsp3) is 0.0476. The van der Waals surface area contributed by atoms with Gasteiger partial charge in [-0.1, -0.05) is 190 Å². The number of hydrogen-bond donors (Lipinski definition) is 0. The Morgan fingerprint density at radius 1 is 0.323 bits per heavy atom. The minimum atomic E-state index is -0.111. The summed E-state index contributed by atoms with van der Waals surface area (Å²) in [7, 11) is 0. The fourth-order valence-electron chi connectivity index (χ4n) is 10.4. The summed E-state index contributed by atoms with van der Waals surface area (Å²) in [4.78, 5) is 4.76. The highest BCUT2D eigenvalue weighted by Crippen LogP contribution is 2.53. The van der Waals surface area contributed by atoms with Gasteiger partial charge in [-0.25, -0.2) is 0 Å². The van der Waals surface area contributed by atoms with Crippen molar-refractivity contribution >= 4 is 57.0 Å². The topological polar surface area (TPSA) is 6.48 Å². The first-order valence-electron chi connectivity index (χ1n) is 22.6. The van der Waals surface area contributed by atoms with E-state index in [0.29, 0.717) is 0 Å². The molecule has 10 aromatic carbocycles. The van der Waals surface area contributed by atoms with Gasteiger partial charge in [0, 0.05) is 39.2 Å². The van der Waals surface area contributed by atoms with E-state index in [2.05, 4.69) is 266 Å². The maximum atomic E-state index is 2.47.